The number of para-hydroxylation sites is 1. The molecule has 88 valence electrons. The minimum absolute atomic E-state index is 1.08. The fraction of sp³-hybridized carbons (Fsp3) is 0. The van der Waals surface area contributed by atoms with E-state index in [1.54, 1.807) is 23.1 Å². The molecule has 0 N–H and O–H groups in total. The number of fused-ring (bicyclic) bond motifs is 1. The maximum absolute atomic E-state index is 4.61. The normalized spacial score (nSPS) is 10.7. The highest BCUT2D eigenvalue weighted by molar-refractivity contribution is 8.01. The zero-order valence-corrected chi connectivity index (χ0v) is 11.3. The van der Waals surface area contributed by atoms with Gasteiger partial charge in [0.2, 0.25) is 0 Å². The van der Waals surface area contributed by atoms with E-state index >= 15 is 0 Å². The summed E-state index contributed by atoms with van der Waals surface area (Å²) in [5.41, 5.74) is 2.22. The zero-order chi connectivity index (χ0) is 12.4. The van der Waals surface area contributed by atoms with Gasteiger partial charge in [-0.05, 0) is 29.8 Å². The Morgan fingerprint density at radius 1 is 1.06 bits per heavy atom. The first-order chi connectivity index (χ1) is 8.85. The molecular weight excluding hydrogens is 258 g/mol. The van der Waals surface area contributed by atoms with Gasteiger partial charge in [0.15, 0.2) is 4.34 Å². The van der Waals surface area contributed by atoms with E-state index in [1.165, 1.54) is 9.60 Å². The first-order valence-electron chi connectivity index (χ1n) is 5.61. The van der Waals surface area contributed by atoms with Crippen molar-refractivity contribution in [3.63, 3.8) is 0 Å². The van der Waals surface area contributed by atoms with Crippen molar-refractivity contribution in [2.24, 2.45) is 0 Å². The van der Waals surface area contributed by atoms with Crippen molar-refractivity contribution >= 4 is 39.4 Å². The SMILES string of the molecule is C=Cc1ccc(Sc2nc3ccccc3s2)cc1. The summed E-state index contributed by atoms with van der Waals surface area (Å²) in [7, 11) is 0. The van der Waals surface area contributed by atoms with E-state index in [-0.39, 0.29) is 0 Å². The molecule has 0 amide bonds. The Hall–Kier alpha value is -1.58. The molecular formula is C15H11NS2. The lowest BCUT2D eigenvalue weighted by molar-refractivity contribution is 1.29. The summed E-state index contributed by atoms with van der Waals surface area (Å²) in [6.45, 7) is 3.76. The van der Waals surface area contributed by atoms with Gasteiger partial charge < -0.3 is 0 Å². The van der Waals surface area contributed by atoms with Crippen LogP contribution in [0.1, 0.15) is 5.56 Å². The molecule has 0 saturated carbocycles. The number of nitrogens with zero attached hydrogens (tertiary/aromatic N) is 1. The van der Waals surface area contributed by atoms with Crippen LogP contribution in [0, 0.1) is 0 Å². The van der Waals surface area contributed by atoms with Crippen LogP contribution in [-0.4, -0.2) is 4.98 Å². The van der Waals surface area contributed by atoms with Gasteiger partial charge in [0.05, 0.1) is 10.2 Å². The molecule has 0 fully saturated rings. The lowest BCUT2D eigenvalue weighted by atomic mass is 10.2. The van der Waals surface area contributed by atoms with Gasteiger partial charge in [-0.3, -0.25) is 0 Å². The summed E-state index contributed by atoms with van der Waals surface area (Å²) in [5, 5.41) is 0. The molecule has 0 radical (unpaired) electrons. The van der Waals surface area contributed by atoms with Crippen LogP contribution in [0.25, 0.3) is 16.3 Å². The van der Waals surface area contributed by atoms with E-state index in [2.05, 4.69) is 48.0 Å². The number of hydrogen-bond acceptors (Lipinski definition) is 3. The Bertz CT molecular complexity index is 650. The number of thiazole rings is 1. The van der Waals surface area contributed by atoms with E-state index < -0.39 is 0 Å². The second-order valence-corrected chi connectivity index (χ2v) is 6.17. The van der Waals surface area contributed by atoms with Gasteiger partial charge in [-0.15, -0.1) is 11.3 Å². The predicted molar refractivity (Wildman–Crippen MR) is 80.3 cm³/mol. The van der Waals surface area contributed by atoms with Crippen LogP contribution in [-0.2, 0) is 0 Å². The van der Waals surface area contributed by atoms with Crippen molar-refractivity contribution in [1.29, 1.82) is 0 Å². The van der Waals surface area contributed by atoms with E-state index in [1.807, 2.05) is 18.2 Å². The second kappa shape index (κ2) is 4.96. The Morgan fingerprint density at radius 3 is 2.56 bits per heavy atom. The van der Waals surface area contributed by atoms with Crippen molar-refractivity contribution in [1.82, 2.24) is 4.98 Å². The molecule has 3 aromatic rings. The Kier molecular flexibility index (Phi) is 3.17. The van der Waals surface area contributed by atoms with Gasteiger partial charge in [0.25, 0.3) is 0 Å². The highest BCUT2D eigenvalue weighted by atomic mass is 32.2. The summed E-state index contributed by atoms with van der Waals surface area (Å²) in [4.78, 5) is 5.82. The molecule has 0 spiro atoms. The van der Waals surface area contributed by atoms with Crippen LogP contribution < -0.4 is 0 Å². The molecule has 18 heavy (non-hydrogen) atoms. The summed E-state index contributed by atoms with van der Waals surface area (Å²) in [6.07, 6.45) is 1.85. The number of aromatic nitrogens is 1. The third-order valence-electron chi connectivity index (χ3n) is 2.60. The highest BCUT2D eigenvalue weighted by Gasteiger charge is 2.04. The maximum Gasteiger partial charge on any atom is 0.155 e. The molecule has 1 heterocycles. The Labute approximate surface area is 114 Å². The monoisotopic (exact) mass is 269 g/mol. The predicted octanol–water partition coefficient (Wildman–Crippen LogP) is 5.09. The maximum atomic E-state index is 4.61. The minimum atomic E-state index is 1.08. The van der Waals surface area contributed by atoms with Gasteiger partial charge in [-0.2, -0.15) is 0 Å². The molecule has 3 rings (SSSR count). The van der Waals surface area contributed by atoms with Crippen molar-refractivity contribution in [2.75, 3.05) is 0 Å². The molecule has 0 aliphatic heterocycles. The number of rotatable bonds is 3. The molecule has 0 saturated heterocycles. The molecule has 0 aliphatic carbocycles. The lowest BCUT2D eigenvalue weighted by Gasteiger charge is -1.97. The van der Waals surface area contributed by atoms with Gasteiger partial charge in [-0.25, -0.2) is 4.98 Å². The average Bonchev–Trinajstić information content (AvgIpc) is 2.82. The smallest absolute Gasteiger partial charge is 0.155 e. The molecule has 0 bridgehead atoms. The van der Waals surface area contributed by atoms with E-state index in [4.69, 9.17) is 0 Å². The number of hydrogen-bond donors (Lipinski definition) is 0. The molecule has 1 aromatic heterocycles. The lowest BCUT2D eigenvalue weighted by Crippen LogP contribution is -1.74. The van der Waals surface area contributed by atoms with Crippen LogP contribution in [0.5, 0.6) is 0 Å². The van der Waals surface area contributed by atoms with E-state index in [9.17, 15) is 0 Å². The largest absolute Gasteiger partial charge is 0.229 e. The van der Waals surface area contributed by atoms with Crippen molar-refractivity contribution in [3.8, 4) is 0 Å². The van der Waals surface area contributed by atoms with Gasteiger partial charge in [-0.1, -0.05) is 48.7 Å². The molecule has 1 nitrogen and oxygen atoms in total. The van der Waals surface area contributed by atoms with Crippen LogP contribution >= 0.6 is 23.1 Å². The fourth-order valence-electron chi connectivity index (χ4n) is 1.67. The summed E-state index contributed by atoms with van der Waals surface area (Å²) >= 11 is 3.44. The highest BCUT2D eigenvalue weighted by Crippen LogP contribution is 2.34. The molecule has 2 aromatic carbocycles. The van der Waals surface area contributed by atoms with Crippen LogP contribution in [0.3, 0.4) is 0 Å². The Morgan fingerprint density at radius 2 is 1.83 bits per heavy atom. The van der Waals surface area contributed by atoms with Crippen LogP contribution in [0.2, 0.25) is 0 Å². The van der Waals surface area contributed by atoms with Crippen molar-refractivity contribution in [3.05, 3.63) is 60.7 Å². The third-order valence-corrected chi connectivity index (χ3v) is 4.70. The molecule has 0 aliphatic rings. The van der Waals surface area contributed by atoms with Gasteiger partial charge in [0, 0.05) is 4.90 Å². The first-order valence-corrected chi connectivity index (χ1v) is 7.24. The van der Waals surface area contributed by atoms with E-state index in [0.717, 1.165) is 15.4 Å². The van der Waals surface area contributed by atoms with Crippen LogP contribution in [0.15, 0.2) is 64.3 Å². The standard InChI is InChI=1S/C15H11NS2/c1-2-11-7-9-12(10-8-11)17-15-16-13-5-3-4-6-14(13)18-15/h2-10H,1H2. The minimum Gasteiger partial charge on any atom is -0.229 e. The topological polar surface area (TPSA) is 12.9 Å². The van der Waals surface area contributed by atoms with Gasteiger partial charge >= 0.3 is 0 Å². The van der Waals surface area contributed by atoms with Gasteiger partial charge in [0.1, 0.15) is 0 Å². The fourth-order valence-corrected chi connectivity index (χ4v) is 3.71. The number of benzene rings is 2. The molecule has 0 unspecified atom stereocenters. The molecule has 3 heteroatoms. The average molecular weight is 269 g/mol. The van der Waals surface area contributed by atoms with Crippen molar-refractivity contribution in [2.45, 2.75) is 9.24 Å². The van der Waals surface area contributed by atoms with Crippen LogP contribution in [0.4, 0.5) is 0 Å². The molecule has 0 atom stereocenters. The Balaban J connectivity index is 1.88. The van der Waals surface area contributed by atoms with E-state index in [0.29, 0.717) is 0 Å². The third kappa shape index (κ3) is 2.33. The summed E-state index contributed by atoms with van der Waals surface area (Å²) < 4.78 is 2.32. The first kappa shape index (κ1) is 11.5. The summed E-state index contributed by atoms with van der Waals surface area (Å²) in [6, 6.07) is 16.6. The quantitative estimate of drug-likeness (QED) is 0.657. The second-order valence-electron chi connectivity index (χ2n) is 3.82. The van der Waals surface area contributed by atoms with Crippen molar-refractivity contribution < 1.29 is 0 Å². The summed E-state index contributed by atoms with van der Waals surface area (Å²) in [5.74, 6) is 0. The zero-order valence-electron chi connectivity index (χ0n) is 9.67.